The maximum atomic E-state index is 14.9. The lowest BCUT2D eigenvalue weighted by Gasteiger charge is -2.37. The molecule has 166 valence electrons. The Kier molecular flexibility index (Phi) is 8.21. The van der Waals surface area contributed by atoms with Gasteiger partial charge in [0.15, 0.2) is 0 Å². The summed E-state index contributed by atoms with van der Waals surface area (Å²) in [5.74, 6) is -1.16. The lowest BCUT2D eigenvalue weighted by Crippen LogP contribution is -2.39. The predicted octanol–water partition coefficient (Wildman–Crippen LogP) is 7.00. The fraction of sp³-hybridized carbons (Fsp3) is 0.519. The van der Waals surface area contributed by atoms with Gasteiger partial charge in [0.25, 0.3) is 0 Å². The monoisotopic (exact) mass is 424 g/mol. The van der Waals surface area contributed by atoms with Crippen molar-refractivity contribution < 1.29 is 8.78 Å². The molecule has 0 amide bonds. The van der Waals surface area contributed by atoms with E-state index in [-0.39, 0.29) is 17.5 Å². The van der Waals surface area contributed by atoms with Crippen molar-refractivity contribution >= 4 is 0 Å². The van der Waals surface area contributed by atoms with Crippen LogP contribution in [-0.2, 0) is 12.0 Å². The quantitative estimate of drug-likeness (QED) is 0.411. The van der Waals surface area contributed by atoms with E-state index in [2.05, 4.69) is 36.9 Å². The van der Waals surface area contributed by atoms with Crippen molar-refractivity contribution in [3.8, 4) is 6.07 Å². The van der Waals surface area contributed by atoms with Crippen LogP contribution in [0.3, 0.4) is 0 Å². The number of rotatable bonds is 10. The smallest absolute Gasteiger partial charge is 0.130 e. The van der Waals surface area contributed by atoms with Crippen molar-refractivity contribution in [2.75, 3.05) is 6.54 Å². The van der Waals surface area contributed by atoms with Gasteiger partial charge in [0.05, 0.1) is 11.5 Å². The zero-order valence-electron chi connectivity index (χ0n) is 18.8. The predicted molar refractivity (Wildman–Crippen MR) is 121 cm³/mol. The lowest BCUT2D eigenvalue weighted by atomic mass is 9.66. The molecule has 0 aliphatic heterocycles. The molecule has 2 aromatic rings. The highest BCUT2D eigenvalue weighted by molar-refractivity contribution is 5.36. The van der Waals surface area contributed by atoms with Gasteiger partial charge in [-0.25, -0.2) is 8.78 Å². The first-order valence-corrected chi connectivity index (χ1v) is 11.7. The minimum atomic E-state index is -1.11. The molecule has 0 aromatic heterocycles. The average molecular weight is 425 g/mol. The molecule has 2 atom stereocenters. The molecule has 1 fully saturated rings. The van der Waals surface area contributed by atoms with Crippen molar-refractivity contribution in [1.29, 1.82) is 5.26 Å². The normalized spacial score (nSPS) is 17.4. The zero-order chi connectivity index (χ0) is 22.3. The minimum absolute atomic E-state index is 0.00519. The van der Waals surface area contributed by atoms with Crippen LogP contribution in [-0.4, -0.2) is 17.5 Å². The van der Waals surface area contributed by atoms with Crippen molar-refractivity contribution in [2.45, 2.75) is 76.8 Å². The second-order valence-electron chi connectivity index (χ2n) is 8.81. The van der Waals surface area contributed by atoms with Crippen LogP contribution < -0.4 is 0 Å². The molecule has 0 saturated heterocycles. The number of nitrogens with zero attached hydrogens (tertiary/aromatic N) is 2. The summed E-state index contributed by atoms with van der Waals surface area (Å²) >= 11 is 0. The largest absolute Gasteiger partial charge is 0.296 e. The molecule has 0 bridgehead atoms. The van der Waals surface area contributed by atoms with E-state index in [1.165, 1.54) is 23.8 Å². The van der Waals surface area contributed by atoms with E-state index >= 15 is 0 Å². The molecule has 0 N–H and O–H groups in total. The maximum Gasteiger partial charge on any atom is 0.130 e. The van der Waals surface area contributed by atoms with Crippen molar-refractivity contribution in [3.05, 3.63) is 71.3 Å². The van der Waals surface area contributed by atoms with Gasteiger partial charge in [-0.1, -0.05) is 63.1 Å². The molecular weight excluding hydrogens is 390 g/mol. The highest BCUT2D eigenvalue weighted by Crippen LogP contribution is 2.47. The Bertz CT molecular complexity index is 850. The molecule has 0 radical (unpaired) electrons. The van der Waals surface area contributed by atoms with Crippen LogP contribution in [0.1, 0.15) is 69.9 Å². The summed E-state index contributed by atoms with van der Waals surface area (Å²) in [6, 6.07) is 17.0. The number of benzene rings is 2. The van der Waals surface area contributed by atoms with E-state index in [1.807, 2.05) is 18.2 Å². The number of nitriles is 1. The number of hydrogen-bond acceptors (Lipinski definition) is 2. The third kappa shape index (κ3) is 5.15. The van der Waals surface area contributed by atoms with Gasteiger partial charge in [0.1, 0.15) is 11.6 Å². The molecule has 2 unspecified atom stereocenters. The number of hydrogen-bond donors (Lipinski definition) is 0. The number of halogens is 2. The van der Waals surface area contributed by atoms with Crippen molar-refractivity contribution in [1.82, 2.24) is 4.90 Å². The topological polar surface area (TPSA) is 27.0 Å². The Morgan fingerprint density at radius 1 is 1.03 bits per heavy atom. The standard InChI is InChI=1S/C27H34F2N2/c1-3-23(31(4-2)19-21-11-6-5-7-12-21)17-18-27(20-30,22-13-8-9-14-22)26-24(28)15-10-16-25(26)29/h5-7,10-12,15-16,22-23H,3-4,8-9,13-14,17-19H2,1-2H3. The van der Waals surface area contributed by atoms with Crippen LogP contribution >= 0.6 is 0 Å². The fourth-order valence-corrected chi connectivity index (χ4v) is 5.44. The molecule has 2 nitrogen and oxygen atoms in total. The van der Waals surface area contributed by atoms with Crippen LogP contribution in [0.2, 0.25) is 0 Å². The average Bonchev–Trinajstić information content (AvgIpc) is 3.33. The van der Waals surface area contributed by atoms with Gasteiger partial charge in [-0.15, -0.1) is 0 Å². The maximum absolute atomic E-state index is 14.9. The Labute approximate surface area is 185 Å². The second kappa shape index (κ2) is 10.9. The Morgan fingerprint density at radius 3 is 2.23 bits per heavy atom. The molecule has 1 aliphatic rings. The van der Waals surface area contributed by atoms with E-state index in [0.717, 1.165) is 51.6 Å². The minimum Gasteiger partial charge on any atom is -0.296 e. The molecule has 0 spiro atoms. The van der Waals surface area contributed by atoms with E-state index in [4.69, 9.17) is 0 Å². The van der Waals surface area contributed by atoms with E-state index in [0.29, 0.717) is 6.42 Å². The van der Waals surface area contributed by atoms with Gasteiger partial charge in [-0.05, 0) is 62.3 Å². The van der Waals surface area contributed by atoms with Gasteiger partial charge in [0, 0.05) is 18.2 Å². The third-order valence-electron chi connectivity index (χ3n) is 7.15. The Balaban J connectivity index is 1.87. The molecule has 3 rings (SSSR count). The van der Waals surface area contributed by atoms with Crippen LogP contribution in [0.5, 0.6) is 0 Å². The molecule has 1 saturated carbocycles. The first-order chi connectivity index (χ1) is 15.1. The van der Waals surface area contributed by atoms with Crippen molar-refractivity contribution in [2.24, 2.45) is 5.92 Å². The highest BCUT2D eigenvalue weighted by atomic mass is 19.1. The van der Waals surface area contributed by atoms with Crippen LogP contribution in [0.15, 0.2) is 48.5 Å². The molecule has 4 heteroatoms. The van der Waals surface area contributed by atoms with Gasteiger partial charge in [-0.3, -0.25) is 4.90 Å². The highest BCUT2D eigenvalue weighted by Gasteiger charge is 2.45. The van der Waals surface area contributed by atoms with Crippen LogP contribution in [0.25, 0.3) is 0 Å². The van der Waals surface area contributed by atoms with E-state index in [1.54, 1.807) is 0 Å². The van der Waals surface area contributed by atoms with Gasteiger partial charge < -0.3 is 0 Å². The Hall–Kier alpha value is -2.25. The van der Waals surface area contributed by atoms with Gasteiger partial charge >= 0.3 is 0 Å². The summed E-state index contributed by atoms with van der Waals surface area (Å²) < 4.78 is 29.8. The second-order valence-corrected chi connectivity index (χ2v) is 8.81. The summed E-state index contributed by atoms with van der Waals surface area (Å²) in [6.07, 6.45) is 5.93. The third-order valence-corrected chi connectivity index (χ3v) is 7.15. The Morgan fingerprint density at radius 2 is 1.68 bits per heavy atom. The molecule has 1 aliphatic carbocycles. The first-order valence-electron chi connectivity index (χ1n) is 11.7. The van der Waals surface area contributed by atoms with Gasteiger partial charge in [0.2, 0.25) is 0 Å². The summed E-state index contributed by atoms with van der Waals surface area (Å²) in [5, 5.41) is 10.4. The molecule has 2 aromatic carbocycles. The molecular formula is C27H34F2N2. The van der Waals surface area contributed by atoms with E-state index < -0.39 is 17.0 Å². The van der Waals surface area contributed by atoms with Crippen LogP contribution in [0, 0.1) is 28.9 Å². The van der Waals surface area contributed by atoms with Gasteiger partial charge in [-0.2, -0.15) is 5.26 Å². The molecule has 0 heterocycles. The summed E-state index contributed by atoms with van der Waals surface area (Å²) in [7, 11) is 0. The fourth-order valence-electron chi connectivity index (χ4n) is 5.44. The summed E-state index contributed by atoms with van der Waals surface area (Å²) in [5.41, 5.74) is 0.140. The summed E-state index contributed by atoms with van der Waals surface area (Å²) in [6.45, 7) is 6.04. The van der Waals surface area contributed by atoms with Crippen LogP contribution in [0.4, 0.5) is 8.78 Å². The molecule has 31 heavy (non-hydrogen) atoms. The van der Waals surface area contributed by atoms with E-state index in [9.17, 15) is 14.0 Å². The zero-order valence-corrected chi connectivity index (χ0v) is 18.8. The SMILES string of the molecule is CCC(CCC(C#N)(c1c(F)cccc1F)C1CCCC1)N(CC)Cc1ccccc1. The van der Waals surface area contributed by atoms with Crippen molar-refractivity contribution in [3.63, 3.8) is 0 Å². The lowest BCUT2D eigenvalue weighted by molar-refractivity contribution is 0.164. The first kappa shape index (κ1) is 23.4. The summed E-state index contributed by atoms with van der Waals surface area (Å²) in [4.78, 5) is 2.42.